The minimum absolute atomic E-state index is 0.0667. The highest BCUT2D eigenvalue weighted by molar-refractivity contribution is 5.79. The van der Waals surface area contributed by atoms with E-state index in [0.717, 1.165) is 30.9 Å². The number of fused-ring (bicyclic) bond motifs is 1. The summed E-state index contributed by atoms with van der Waals surface area (Å²) in [7, 11) is 0. The van der Waals surface area contributed by atoms with Gasteiger partial charge in [-0.2, -0.15) is 0 Å². The first-order valence-electron chi connectivity index (χ1n) is 10.2. The van der Waals surface area contributed by atoms with E-state index < -0.39 is 0 Å². The SMILES string of the molecule is O=C(Cc1ccccc1F)N1CCOc2ccc(CN3CCCCC3)cc2C1. The molecule has 0 radical (unpaired) electrons. The first-order valence-corrected chi connectivity index (χ1v) is 10.2. The number of nitrogens with zero attached hydrogens (tertiary/aromatic N) is 2. The van der Waals surface area contributed by atoms with Crippen LogP contribution in [0.4, 0.5) is 4.39 Å². The van der Waals surface area contributed by atoms with E-state index in [1.807, 2.05) is 6.07 Å². The Hall–Kier alpha value is -2.40. The van der Waals surface area contributed by atoms with Gasteiger partial charge >= 0.3 is 0 Å². The van der Waals surface area contributed by atoms with Crippen molar-refractivity contribution in [3.05, 3.63) is 65.0 Å². The van der Waals surface area contributed by atoms with Crippen molar-refractivity contribution in [2.75, 3.05) is 26.2 Å². The standard InChI is InChI=1S/C23H27FN2O2/c24-21-7-3-2-6-19(21)15-23(27)26-12-13-28-22-9-8-18(14-20(22)17-26)16-25-10-4-1-5-11-25/h2-3,6-9,14H,1,4-5,10-13,15-17H2. The van der Waals surface area contributed by atoms with Crippen LogP contribution in [-0.2, 0) is 24.3 Å². The lowest BCUT2D eigenvalue weighted by Crippen LogP contribution is -2.33. The van der Waals surface area contributed by atoms with Crippen LogP contribution >= 0.6 is 0 Å². The normalized spacial score (nSPS) is 17.5. The van der Waals surface area contributed by atoms with E-state index in [1.54, 1.807) is 23.1 Å². The van der Waals surface area contributed by atoms with Crippen LogP contribution in [0, 0.1) is 5.82 Å². The number of halogens is 1. The molecule has 4 nitrogen and oxygen atoms in total. The van der Waals surface area contributed by atoms with Gasteiger partial charge in [-0.15, -0.1) is 0 Å². The molecule has 0 aromatic heterocycles. The minimum Gasteiger partial charge on any atom is -0.491 e. The summed E-state index contributed by atoms with van der Waals surface area (Å²) >= 11 is 0. The molecule has 5 heteroatoms. The van der Waals surface area contributed by atoms with Gasteiger partial charge in [0.05, 0.1) is 13.0 Å². The average molecular weight is 382 g/mol. The fraction of sp³-hybridized carbons (Fsp3) is 0.435. The largest absolute Gasteiger partial charge is 0.491 e. The molecule has 0 saturated carbocycles. The van der Waals surface area contributed by atoms with Gasteiger partial charge in [-0.1, -0.05) is 30.7 Å². The highest BCUT2D eigenvalue weighted by Crippen LogP contribution is 2.26. The lowest BCUT2D eigenvalue weighted by atomic mass is 10.1. The molecule has 2 aromatic rings. The summed E-state index contributed by atoms with van der Waals surface area (Å²) < 4.78 is 19.8. The van der Waals surface area contributed by atoms with Gasteiger partial charge in [0.25, 0.3) is 0 Å². The Bertz CT molecular complexity index is 833. The molecule has 1 amide bonds. The number of benzene rings is 2. The van der Waals surface area contributed by atoms with Crippen LogP contribution in [0.15, 0.2) is 42.5 Å². The van der Waals surface area contributed by atoms with E-state index in [1.165, 1.54) is 30.9 Å². The molecule has 0 unspecified atom stereocenters. The summed E-state index contributed by atoms with van der Waals surface area (Å²) in [6.07, 6.45) is 3.95. The Labute approximate surface area is 165 Å². The smallest absolute Gasteiger partial charge is 0.227 e. The average Bonchev–Trinajstić information content (AvgIpc) is 2.93. The first kappa shape index (κ1) is 18.9. The molecule has 4 rings (SSSR count). The molecule has 0 N–H and O–H groups in total. The van der Waals surface area contributed by atoms with E-state index in [0.29, 0.717) is 25.3 Å². The highest BCUT2D eigenvalue weighted by atomic mass is 19.1. The quantitative estimate of drug-likeness (QED) is 0.807. The summed E-state index contributed by atoms with van der Waals surface area (Å²) in [5, 5.41) is 0. The number of piperidine rings is 1. The summed E-state index contributed by atoms with van der Waals surface area (Å²) in [6.45, 7) is 4.74. The third kappa shape index (κ3) is 4.53. The van der Waals surface area contributed by atoms with Crippen molar-refractivity contribution in [2.24, 2.45) is 0 Å². The second kappa shape index (κ2) is 8.74. The van der Waals surface area contributed by atoms with Crippen LogP contribution in [0.1, 0.15) is 36.0 Å². The fourth-order valence-electron chi connectivity index (χ4n) is 4.05. The van der Waals surface area contributed by atoms with Gasteiger partial charge in [0.1, 0.15) is 18.2 Å². The molecule has 1 fully saturated rings. The third-order valence-corrected chi connectivity index (χ3v) is 5.61. The molecule has 2 aliphatic heterocycles. The van der Waals surface area contributed by atoms with E-state index in [4.69, 9.17) is 4.74 Å². The van der Waals surface area contributed by atoms with Crippen LogP contribution in [0.5, 0.6) is 5.75 Å². The number of hydrogen-bond donors (Lipinski definition) is 0. The number of ether oxygens (including phenoxy) is 1. The maximum Gasteiger partial charge on any atom is 0.227 e. The predicted molar refractivity (Wildman–Crippen MR) is 107 cm³/mol. The number of likely N-dealkylation sites (tertiary alicyclic amines) is 1. The fourth-order valence-corrected chi connectivity index (χ4v) is 4.05. The molecule has 1 saturated heterocycles. The van der Waals surface area contributed by atoms with Crippen LogP contribution in [-0.4, -0.2) is 41.9 Å². The topological polar surface area (TPSA) is 32.8 Å². The summed E-state index contributed by atoms with van der Waals surface area (Å²) in [5.41, 5.74) is 2.73. The van der Waals surface area contributed by atoms with Crippen molar-refractivity contribution in [3.63, 3.8) is 0 Å². The lowest BCUT2D eigenvalue weighted by Gasteiger charge is -2.26. The Morgan fingerprint density at radius 3 is 2.68 bits per heavy atom. The molecule has 0 atom stereocenters. The third-order valence-electron chi connectivity index (χ3n) is 5.61. The zero-order valence-electron chi connectivity index (χ0n) is 16.2. The van der Waals surface area contributed by atoms with Crippen LogP contribution < -0.4 is 4.74 Å². The van der Waals surface area contributed by atoms with Crippen LogP contribution in [0.2, 0.25) is 0 Å². The Balaban J connectivity index is 1.46. The molecule has 2 aliphatic rings. The van der Waals surface area contributed by atoms with Crippen molar-refractivity contribution in [2.45, 2.75) is 38.8 Å². The summed E-state index contributed by atoms with van der Waals surface area (Å²) in [5.74, 6) is 0.456. The Morgan fingerprint density at radius 2 is 1.86 bits per heavy atom. The zero-order valence-corrected chi connectivity index (χ0v) is 16.2. The monoisotopic (exact) mass is 382 g/mol. The van der Waals surface area contributed by atoms with Gasteiger partial charge in [0.15, 0.2) is 0 Å². The van der Waals surface area contributed by atoms with Crippen molar-refractivity contribution in [1.29, 1.82) is 0 Å². The van der Waals surface area contributed by atoms with Crippen LogP contribution in [0.3, 0.4) is 0 Å². The molecule has 28 heavy (non-hydrogen) atoms. The van der Waals surface area contributed by atoms with Gasteiger partial charge in [0, 0.05) is 18.7 Å². The summed E-state index contributed by atoms with van der Waals surface area (Å²) in [4.78, 5) is 17.1. The number of carbonyl (C=O) groups is 1. The number of rotatable bonds is 4. The van der Waals surface area contributed by atoms with Gasteiger partial charge < -0.3 is 9.64 Å². The van der Waals surface area contributed by atoms with Gasteiger partial charge in [-0.05, 0) is 55.3 Å². The van der Waals surface area contributed by atoms with E-state index in [2.05, 4.69) is 17.0 Å². The van der Waals surface area contributed by atoms with Gasteiger partial charge in [-0.3, -0.25) is 9.69 Å². The van der Waals surface area contributed by atoms with E-state index in [-0.39, 0.29) is 18.1 Å². The second-order valence-corrected chi connectivity index (χ2v) is 7.71. The molecule has 0 bridgehead atoms. The van der Waals surface area contributed by atoms with Gasteiger partial charge in [0.2, 0.25) is 5.91 Å². The molecule has 0 spiro atoms. The van der Waals surface area contributed by atoms with Crippen molar-refractivity contribution in [1.82, 2.24) is 9.80 Å². The predicted octanol–water partition coefficient (Wildman–Crippen LogP) is 3.78. The zero-order chi connectivity index (χ0) is 19.3. The molecule has 148 valence electrons. The molecule has 0 aliphatic carbocycles. The lowest BCUT2D eigenvalue weighted by molar-refractivity contribution is -0.131. The Morgan fingerprint density at radius 1 is 1.04 bits per heavy atom. The number of hydrogen-bond acceptors (Lipinski definition) is 3. The maximum atomic E-state index is 13.9. The highest BCUT2D eigenvalue weighted by Gasteiger charge is 2.21. The number of carbonyl (C=O) groups excluding carboxylic acids is 1. The van der Waals surface area contributed by atoms with Crippen molar-refractivity contribution >= 4 is 5.91 Å². The molecular formula is C23H27FN2O2. The molecule has 2 heterocycles. The Kier molecular flexibility index (Phi) is 5.91. The maximum absolute atomic E-state index is 13.9. The second-order valence-electron chi connectivity index (χ2n) is 7.71. The van der Waals surface area contributed by atoms with Crippen molar-refractivity contribution in [3.8, 4) is 5.75 Å². The molecular weight excluding hydrogens is 355 g/mol. The summed E-state index contributed by atoms with van der Waals surface area (Å²) in [6, 6.07) is 12.8. The van der Waals surface area contributed by atoms with E-state index >= 15 is 0 Å². The van der Waals surface area contributed by atoms with Crippen molar-refractivity contribution < 1.29 is 13.9 Å². The minimum atomic E-state index is -0.328. The molecule has 2 aromatic carbocycles. The first-order chi connectivity index (χ1) is 13.7. The van der Waals surface area contributed by atoms with Crippen LogP contribution in [0.25, 0.3) is 0 Å². The van der Waals surface area contributed by atoms with Gasteiger partial charge in [-0.25, -0.2) is 4.39 Å². The number of amides is 1. The van der Waals surface area contributed by atoms with E-state index in [9.17, 15) is 9.18 Å².